The maximum Gasteiger partial charge on any atom is 0.243 e. The number of benzene rings is 3. The van der Waals surface area contributed by atoms with Crippen LogP contribution in [0.4, 0.5) is 0 Å². The molecule has 0 bridgehead atoms. The number of ether oxygens (including phenoxy) is 1. The van der Waals surface area contributed by atoms with E-state index in [1.807, 2.05) is 75.4 Å². The number of thioether (sulfide) groups is 1. The number of carbonyl (C=O) groups excluding carboxylic acids is 2. The molecule has 0 spiro atoms. The van der Waals surface area contributed by atoms with Crippen LogP contribution in [0.15, 0.2) is 72.8 Å². The summed E-state index contributed by atoms with van der Waals surface area (Å²) in [4.78, 5) is 29.2. The molecule has 1 N–H and O–H groups in total. The fourth-order valence-electron chi connectivity index (χ4n) is 4.47. The second-order valence-corrected chi connectivity index (χ2v) is 11.8. The van der Waals surface area contributed by atoms with Gasteiger partial charge in [-0.05, 0) is 63.4 Å². The average Bonchev–Trinajstić information content (AvgIpc) is 2.85. The molecule has 1 unspecified atom stereocenters. The average molecular weight is 533 g/mol. The second kappa shape index (κ2) is 13.5. The summed E-state index contributed by atoms with van der Waals surface area (Å²) in [6.45, 7) is 10.4. The highest BCUT2D eigenvalue weighted by atomic mass is 32.2. The van der Waals surface area contributed by atoms with Crippen molar-refractivity contribution in [2.24, 2.45) is 0 Å². The number of carbonyl (C=O) groups is 2. The molecule has 0 radical (unpaired) electrons. The topological polar surface area (TPSA) is 58.6 Å². The van der Waals surface area contributed by atoms with E-state index < -0.39 is 11.6 Å². The molecule has 0 aliphatic rings. The maximum absolute atomic E-state index is 13.8. The Bertz CT molecular complexity index is 1200. The van der Waals surface area contributed by atoms with Gasteiger partial charge in [0.15, 0.2) is 0 Å². The van der Waals surface area contributed by atoms with Crippen LogP contribution in [0.1, 0.15) is 48.6 Å². The van der Waals surface area contributed by atoms with Crippen molar-refractivity contribution in [3.63, 3.8) is 0 Å². The summed E-state index contributed by atoms with van der Waals surface area (Å²) in [5.41, 5.74) is 5.13. The Hall–Kier alpha value is -3.25. The van der Waals surface area contributed by atoms with Crippen LogP contribution in [0.3, 0.4) is 0 Å². The summed E-state index contributed by atoms with van der Waals surface area (Å²) < 4.78 is 5.41. The lowest BCUT2D eigenvalue weighted by molar-refractivity contribution is -0.140. The molecule has 0 fully saturated rings. The molecule has 6 heteroatoms. The van der Waals surface area contributed by atoms with Crippen molar-refractivity contribution in [1.29, 1.82) is 0 Å². The molecule has 1 atom stereocenters. The molecule has 0 saturated carbocycles. The molecule has 2 amide bonds. The number of rotatable bonds is 11. The van der Waals surface area contributed by atoms with Gasteiger partial charge < -0.3 is 15.0 Å². The second-order valence-electron chi connectivity index (χ2n) is 10.8. The highest BCUT2D eigenvalue weighted by Gasteiger charge is 2.32. The highest BCUT2D eigenvalue weighted by Crippen LogP contribution is 2.22. The first-order valence-electron chi connectivity index (χ1n) is 13.0. The molecule has 3 rings (SSSR count). The summed E-state index contributed by atoms with van der Waals surface area (Å²) in [7, 11) is 1.63. The summed E-state index contributed by atoms with van der Waals surface area (Å²) in [5, 5.41) is 3.11. The highest BCUT2D eigenvalue weighted by molar-refractivity contribution is 7.99. The van der Waals surface area contributed by atoms with E-state index in [4.69, 9.17) is 4.74 Å². The number of amides is 2. The molecule has 3 aromatic carbocycles. The number of methoxy groups -OCH3 is 1. The minimum absolute atomic E-state index is 0.0628. The van der Waals surface area contributed by atoms with Crippen LogP contribution in [-0.2, 0) is 28.3 Å². The number of hydrogen-bond donors (Lipinski definition) is 1. The fraction of sp³-hybridized carbons (Fsp3) is 0.375. The maximum atomic E-state index is 13.8. The van der Waals surface area contributed by atoms with Crippen LogP contribution in [0, 0.1) is 13.8 Å². The summed E-state index contributed by atoms with van der Waals surface area (Å²) in [6, 6.07) is 23.4. The van der Waals surface area contributed by atoms with Crippen LogP contribution in [0.25, 0.3) is 0 Å². The zero-order valence-electron chi connectivity index (χ0n) is 23.4. The van der Waals surface area contributed by atoms with Gasteiger partial charge in [0.1, 0.15) is 11.8 Å². The van der Waals surface area contributed by atoms with Gasteiger partial charge in [-0.3, -0.25) is 9.59 Å². The molecule has 3 aromatic rings. The summed E-state index contributed by atoms with van der Waals surface area (Å²) >= 11 is 1.58. The molecule has 0 saturated heterocycles. The minimum Gasteiger partial charge on any atom is -0.497 e. The lowest BCUT2D eigenvalue weighted by Crippen LogP contribution is -2.54. The van der Waals surface area contributed by atoms with E-state index in [0.717, 1.165) is 22.6 Å². The van der Waals surface area contributed by atoms with Crippen molar-refractivity contribution in [3.8, 4) is 5.75 Å². The molecular weight excluding hydrogens is 492 g/mol. The standard InChI is InChI=1S/C32H40N2O3S/c1-23-15-24(2)17-27(16-23)21-38-22-30(35)34(20-26-13-10-14-28(18-26)37-6)29(31(36)33-32(3,4)5)19-25-11-8-7-9-12-25/h7-18,29H,19-22H2,1-6H3,(H,33,36). The van der Waals surface area contributed by atoms with E-state index in [1.54, 1.807) is 23.8 Å². The Balaban J connectivity index is 1.89. The van der Waals surface area contributed by atoms with Gasteiger partial charge in [0.25, 0.3) is 0 Å². The van der Waals surface area contributed by atoms with Gasteiger partial charge in [-0.15, -0.1) is 11.8 Å². The van der Waals surface area contributed by atoms with E-state index in [9.17, 15) is 9.59 Å². The molecule has 0 aliphatic heterocycles. The van der Waals surface area contributed by atoms with Gasteiger partial charge in [-0.2, -0.15) is 0 Å². The van der Waals surface area contributed by atoms with E-state index in [-0.39, 0.29) is 17.6 Å². The first-order valence-corrected chi connectivity index (χ1v) is 14.1. The number of aryl methyl sites for hydroxylation is 2. The minimum atomic E-state index is -0.655. The first kappa shape index (κ1) is 29.3. The van der Waals surface area contributed by atoms with Crippen molar-refractivity contribution in [2.45, 2.75) is 64.9 Å². The van der Waals surface area contributed by atoms with E-state index >= 15 is 0 Å². The smallest absolute Gasteiger partial charge is 0.243 e. The lowest BCUT2D eigenvalue weighted by Gasteiger charge is -2.34. The molecule has 0 aromatic heterocycles. The van der Waals surface area contributed by atoms with Crippen molar-refractivity contribution in [2.75, 3.05) is 12.9 Å². The van der Waals surface area contributed by atoms with Gasteiger partial charge in [-0.25, -0.2) is 0 Å². The van der Waals surface area contributed by atoms with Gasteiger partial charge in [0.2, 0.25) is 11.8 Å². The predicted molar refractivity (Wildman–Crippen MR) is 157 cm³/mol. The monoisotopic (exact) mass is 532 g/mol. The third-order valence-electron chi connectivity index (χ3n) is 6.03. The molecule has 38 heavy (non-hydrogen) atoms. The van der Waals surface area contributed by atoms with E-state index in [1.165, 1.54) is 16.7 Å². The number of nitrogens with one attached hydrogen (secondary N) is 1. The van der Waals surface area contributed by atoms with Crippen molar-refractivity contribution >= 4 is 23.6 Å². The van der Waals surface area contributed by atoms with Crippen LogP contribution < -0.4 is 10.1 Å². The van der Waals surface area contributed by atoms with Gasteiger partial charge in [0, 0.05) is 24.3 Å². The van der Waals surface area contributed by atoms with Crippen LogP contribution in [0.5, 0.6) is 5.75 Å². The first-order chi connectivity index (χ1) is 18.0. The summed E-state index contributed by atoms with van der Waals surface area (Å²) in [5.74, 6) is 1.52. The molecule has 0 heterocycles. The SMILES string of the molecule is COc1cccc(CN(C(=O)CSCc2cc(C)cc(C)c2)C(Cc2ccccc2)C(=O)NC(C)(C)C)c1. The van der Waals surface area contributed by atoms with Gasteiger partial charge >= 0.3 is 0 Å². The molecule has 0 aliphatic carbocycles. The Morgan fingerprint density at radius 3 is 2.18 bits per heavy atom. The number of hydrogen-bond acceptors (Lipinski definition) is 4. The fourth-order valence-corrected chi connectivity index (χ4v) is 5.31. The molecule has 5 nitrogen and oxygen atoms in total. The Morgan fingerprint density at radius 2 is 1.55 bits per heavy atom. The van der Waals surface area contributed by atoms with Crippen LogP contribution in [-0.4, -0.2) is 41.2 Å². The van der Waals surface area contributed by atoms with Crippen LogP contribution >= 0.6 is 11.8 Å². The summed E-state index contributed by atoms with van der Waals surface area (Å²) in [6.07, 6.45) is 0.431. The van der Waals surface area contributed by atoms with Crippen LogP contribution in [0.2, 0.25) is 0 Å². The van der Waals surface area contributed by atoms with E-state index in [0.29, 0.717) is 13.0 Å². The van der Waals surface area contributed by atoms with Gasteiger partial charge in [0.05, 0.1) is 12.9 Å². The predicted octanol–water partition coefficient (Wildman–Crippen LogP) is 6.10. The zero-order valence-corrected chi connectivity index (χ0v) is 24.2. The lowest BCUT2D eigenvalue weighted by atomic mass is 10.0. The Morgan fingerprint density at radius 1 is 0.895 bits per heavy atom. The van der Waals surface area contributed by atoms with E-state index in [2.05, 4.69) is 37.4 Å². The third kappa shape index (κ3) is 9.25. The Labute approximate surface area is 232 Å². The molecule has 202 valence electrons. The van der Waals surface area contributed by atoms with Crippen molar-refractivity contribution in [1.82, 2.24) is 10.2 Å². The Kier molecular flexibility index (Phi) is 10.4. The zero-order chi connectivity index (χ0) is 27.7. The quantitative estimate of drug-likeness (QED) is 0.324. The normalized spacial score (nSPS) is 12.1. The van der Waals surface area contributed by atoms with Crippen molar-refractivity contribution < 1.29 is 14.3 Å². The van der Waals surface area contributed by atoms with Crippen molar-refractivity contribution in [3.05, 3.63) is 101 Å². The molecular formula is C32H40N2O3S. The largest absolute Gasteiger partial charge is 0.497 e. The van der Waals surface area contributed by atoms with Gasteiger partial charge in [-0.1, -0.05) is 71.8 Å². The number of nitrogens with zero attached hydrogens (tertiary/aromatic N) is 1. The third-order valence-corrected chi connectivity index (χ3v) is 7.02.